The number of hydrogen-bond donors (Lipinski definition) is 2. The summed E-state index contributed by atoms with van der Waals surface area (Å²) in [5.74, 6) is -1.48. The number of aliphatic carboxylic acids is 1. The molecule has 0 spiro atoms. The predicted octanol–water partition coefficient (Wildman–Crippen LogP) is 1.51. The van der Waals surface area contributed by atoms with Crippen molar-refractivity contribution in [1.29, 1.82) is 0 Å². The zero-order valence-electron chi connectivity index (χ0n) is 10.1. The molecule has 0 rings (SSSR count). The summed E-state index contributed by atoms with van der Waals surface area (Å²) in [7, 11) is 0. The molecule has 0 aromatic rings. The van der Waals surface area contributed by atoms with Crippen molar-refractivity contribution in [3.05, 3.63) is 0 Å². The lowest BCUT2D eigenvalue weighted by Crippen LogP contribution is -2.40. The van der Waals surface area contributed by atoms with Crippen molar-refractivity contribution in [1.82, 2.24) is 5.32 Å². The average Bonchev–Trinajstić information content (AvgIpc) is 2.00. The number of carbonyl (C=O) groups is 2. The van der Waals surface area contributed by atoms with E-state index in [2.05, 4.69) is 5.32 Å². The minimum Gasteiger partial charge on any atom is -0.481 e. The molecule has 0 aliphatic carbocycles. The molecule has 1 unspecified atom stereocenters. The van der Waals surface area contributed by atoms with E-state index in [0.29, 0.717) is 0 Å². The van der Waals surface area contributed by atoms with Crippen molar-refractivity contribution in [2.75, 3.05) is 6.54 Å². The summed E-state index contributed by atoms with van der Waals surface area (Å²) in [6.07, 6.45) is 0. The predicted molar refractivity (Wildman–Crippen MR) is 58.4 cm³/mol. The van der Waals surface area contributed by atoms with Crippen molar-refractivity contribution < 1.29 is 14.7 Å². The Morgan fingerprint density at radius 2 is 1.73 bits per heavy atom. The molecule has 0 aromatic heterocycles. The number of nitrogens with one attached hydrogen (secondary N) is 1. The summed E-state index contributed by atoms with van der Waals surface area (Å²) in [6.45, 7) is 9.27. The lowest BCUT2D eigenvalue weighted by molar-refractivity contribution is -0.143. The Kier molecular flexibility index (Phi) is 4.78. The Hall–Kier alpha value is -1.06. The molecule has 15 heavy (non-hydrogen) atoms. The molecular weight excluding hydrogens is 194 g/mol. The van der Waals surface area contributed by atoms with Crippen molar-refractivity contribution in [3.8, 4) is 0 Å². The van der Waals surface area contributed by atoms with Crippen LogP contribution < -0.4 is 5.32 Å². The van der Waals surface area contributed by atoms with Gasteiger partial charge in [-0.15, -0.1) is 0 Å². The number of rotatable bonds is 4. The summed E-state index contributed by atoms with van der Waals surface area (Å²) >= 11 is 0. The van der Waals surface area contributed by atoms with Gasteiger partial charge in [0, 0.05) is 12.0 Å². The van der Waals surface area contributed by atoms with Crippen molar-refractivity contribution in [3.63, 3.8) is 0 Å². The van der Waals surface area contributed by atoms with Crippen LogP contribution in [0.3, 0.4) is 0 Å². The number of hydrogen-bond acceptors (Lipinski definition) is 2. The van der Waals surface area contributed by atoms with Gasteiger partial charge in [-0.2, -0.15) is 0 Å². The summed E-state index contributed by atoms with van der Waals surface area (Å²) in [4.78, 5) is 22.4. The second-order valence-electron chi connectivity index (χ2n) is 5.15. The molecule has 0 fully saturated rings. The maximum Gasteiger partial charge on any atom is 0.308 e. The number of carboxylic acids is 1. The monoisotopic (exact) mass is 215 g/mol. The number of carboxylic acid groups (broad SMARTS) is 1. The number of carbonyl (C=O) groups excluding carboxylic acids is 1. The molecule has 88 valence electrons. The summed E-state index contributed by atoms with van der Waals surface area (Å²) < 4.78 is 0. The van der Waals surface area contributed by atoms with Crippen LogP contribution in [0.1, 0.15) is 34.6 Å². The van der Waals surface area contributed by atoms with Crippen LogP contribution in [0.2, 0.25) is 0 Å². The van der Waals surface area contributed by atoms with Crippen molar-refractivity contribution in [2.24, 2.45) is 17.3 Å². The quantitative estimate of drug-likeness (QED) is 0.747. The minimum absolute atomic E-state index is 0.0165. The van der Waals surface area contributed by atoms with Crippen molar-refractivity contribution >= 4 is 11.9 Å². The Bertz CT molecular complexity index is 241. The maximum absolute atomic E-state index is 11.5. The van der Waals surface area contributed by atoms with Gasteiger partial charge in [0.15, 0.2) is 0 Å². The molecule has 0 saturated heterocycles. The van der Waals surface area contributed by atoms with E-state index in [1.165, 1.54) is 0 Å². The van der Waals surface area contributed by atoms with Crippen LogP contribution in [0, 0.1) is 17.3 Å². The lowest BCUT2D eigenvalue weighted by atomic mass is 9.93. The fraction of sp³-hybridized carbons (Fsp3) is 0.818. The first-order valence-corrected chi connectivity index (χ1v) is 5.17. The van der Waals surface area contributed by atoms with E-state index in [-0.39, 0.29) is 18.4 Å². The van der Waals surface area contributed by atoms with Gasteiger partial charge in [-0.1, -0.05) is 34.6 Å². The van der Waals surface area contributed by atoms with Gasteiger partial charge in [0.2, 0.25) is 5.91 Å². The molecule has 1 amide bonds. The first-order valence-electron chi connectivity index (χ1n) is 5.17. The van der Waals surface area contributed by atoms with Crippen LogP contribution in [-0.4, -0.2) is 23.5 Å². The van der Waals surface area contributed by atoms with Gasteiger partial charge in [-0.25, -0.2) is 0 Å². The molecule has 0 heterocycles. The topological polar surface area (TPSA) is 66.4 Å². The molecule has 0 radical (unpaired) electrons. The second kappa shape index (κ2) is 5.14. The van der Waals surface area contributed by atoms with Gasteiger partial charge in [-0.05, 0) is 5.92 Å². The normalized spacial score (nSPS) is 13.7. The molecule has 4 heteroatoms. The van der Waals surface area contributed by atoms with E-state index in [0.717, 1.165) is 0 Å². The van der Waals surface area contributed by atoms with Gasteiger partial charge in [0.1, 0.15) is 0 Å². The standard InChI is InChI=1S/C11H21NO3/c1-7(2)8(9(13)14)6-12-10(15)11(3,4)5/h7-8H,6H2,1-5H3,(H,12,15)(H,13,14). The molecule has 0 aromatic carbocycles. The van der Waals surface area contributed by atoms with E-state index < -0.39 is 17.3 Å². The maximum atomic E-state index is 11.5. The summed E-state index contributed by atoms with van der Waals surface area (Å²) in [6, 6.07) is 0. The third-order valence-corrected chi connectivity index (χ3v) is 2.29. The Morgan fingerprint density at radius 1 is 1.27 bits per heavy atom. The van der Waals surface area contributed by atoms with Crippen LogP contribution in [-0.2, 0) is 9.59 Å². The zero-order chi connectivity index (χ0) is 12.2. The first kappa shape index (κ1) is 13.9. The lowest BCUT2D eigenvalue weighted by Gasteiger charge is -2.21. The van der Waals surface area contributed by atoms with Crippen LogP contribution >= 0.6 is 0 Å². The third-order valence-electron chi connectivity index (χ3n) is 2.29. The highest BCUT2D eigenvalue weighted by Crippen LogP contribution is 2.14. The van der Waals surface area contributed by atoms with Crippen LogP contribution in [0.5, 0.6) is 0 Å². The van der Waals surface area contributed by atoms with Crippen LogP contribution in [0.25, 0.3) is 0 Å². The summed E-state index contributed by atoms with van der Waals surface area (Å²) in [5.41, 5.74) is -0.472. The molecule has 2 N–H and O–H groups in total. The number of amides is 1. The van der Waals surface area contributed by atoms with Crippen LogP contribution in [0.15, 0.2) is 0 Å². The largest absolute Gasteiger partial charge is 0.481 e. The minimum atomic E-state index is -0.862. The average molecular weight is 215 g/mol. The Morgan fingerprint density at radius 3 is 2.00 bits per heavy atom. The van der Waals surface area contributed by atoms with E-state index in [1.807, 2.05) is 13.8 Å². The second-order valence-corrected chi connectivity index (χ2v) is 5.15. The van der Waals surface area contributed by atoms with Gasteiger partial charge in [0.25, 0.3) is 0 Å². The SMILES string of the molecule is CC(C)C(CNC(=O)C(C)(C)C)C(=O)O. The smallest absolute Gasteiger partial charge is 0.308 e. The van der Waals surface area contributed by atoms with Gasteiger partial charge in [0.05, 0.1) is 5.92 Å². The molecular formula is C11H21NO3. The molecule has 0 bridgehead atoms. The van der Waals surface area contributed by atoms with E-state index in [9.17, 15) is 9.59 Å². The van der Waals surface area contributed by atoms with Crippen LogP contribution in [0.4, 0.5) is 0 Å². The first-order chi connectivity index (χ1) is 6.66. The summed E-state index contributed by atoms with van der Waals surface area (Å²) in [5, 5.41) is 11.6. The van der Waals surface area contributed by atoms with Crippen molar-refractivity contribution in [2.45, 2.75) is 34.6 Å². The Labute approximate surface area is 91.1 Å². The highest BCUT2D eigenvalue weighted by atomic mass is 16.4. The van der Waals surface area contributed by atoms with Gasteiger partial charge in [-0.3, -0.25) is 9.59 Å². The van der Waals surface area contributed by atoms with Gasteiger partial charge < -0.3 is 10.4 Å². The molecule has 0 saturated carbocycles. The fourth-order valence-corrected chi connectivity index (χ4v) is 1.08. The Balaban J connectivity index is 4.24. The van der Waals surface area contributed by atoms with E-state index in [1.54, 1.807) is 20.8 Å². The van der Waals surface area contributed by atoms with E-state index in [4.69, 9.17) is 5.11 Å². The highest BCUT2D eigenvalue weighted by Gasteiger charge is 2.25. The zero-order valence-corrected chi connectivity index (χ0v) is 10.1. The molecule has 0 aliphatic rings. The molecule has 1 atom stereocenters. The van der Waals surface area contributed by atoms with Gasteiger partial charge >= 0.3 is 5.97 Å². The third kappa shape index (κ3) is 4.81. The van der Waals surface area contributed by atoms with E-state index >= 15 is 0 Å². The fourth-order valence-electron chi connectivity index (χ4n) is 1.08. The molecule has 4 nitrogen and oxygen atoms in total. The highest BCUT2D eigenvalue weighted by molar-refractivity contribution is 5.82. The molecule has 0 aliphatic heterocycles.